The monoisotopic (exact) mass is 334 g/mol. The number of nitrogens with zero attached hydrogens (tertiary/aromatic N) is 1. The van der Waals surface area contributed by atoms with Gasteiger partial charge in [-0.25, -0.2) is 4.39 Å². The number of benzene rings is 2. The molecule has 0 heterocycles. The zero-order valence-electron chi connectivity index (χ0n) is 12.2. The smallest absolute Gasteiger partial charge is 0.323 e. The van der Waals surface area contributed by atoms with E-state index in [4.69, 9.17) is 5.26 Å². The predicted molar refractivity (Wildman–Crippen MR) is 84.0 cm³/mol. The fourth-order valence-electron chi connectivity index (χ4n) is 2.25. The Morgan fingerprint density at radius 2 is 1.96 bits per heavy atom. The molecule has 0 amide bonds. The number of nitrogens with one attached hydrogen (secondary N) is 1. The van der Waals surface area contributed by atoms with Crippen molar-refractivity contribution < 1.29 is 18.7 Å². The summed E-state index contributed by atoms with van der Waals surface area (Å²) in [6, 6.07) is 14.1. The predicted octanol–water partition coefficient (Wildman–Crippen LogP) is 2.71. The van der Waals surface area contributed by atoms with E-state index >= 15 is 0 Å². The minimum atomic E-state index is -4.45. The molecule has 0 saturated carbocycles. The first-order chi connectivity index (χ1) is 10.9. The Morgan fingerprint density at radius 1 is 1.22 bits per heavy atom. The molecule has 0 fully saturated rings. The lowest BCUT2D eigenvalue weighted by molar-refractivity contribution is 0.348. The summed E-state index contributed by atoms with van der Waals surface area (Å²) in [5, 5.41) is 11.7. The molecule has 2 aromatic rings. The van der Waals surface area contributed by atoms with Gasteiger partial charge in [0, 0.05) is 6.54 Å². The average Bonchev–Trinajstić information content (AvgIpc) is 2.50. The normalized spacial score (nSPS) is 12.6. The van der Waals surface area contributed by atoms with E-state index in [2.05, 4.69) is 5.32 Å². The summed E-state index contributed by atoms with van der Waals surface area (Å²) in [4.78, 5) is 19.1. The molecule has 0 aromatic heterocycles. The maximum absolute atomic E-state index is 13.1. The molecule has 2 aromatic carbocycles. The standard InChI is InChI=1S/C16H16FN2O3P/c17-15-6-2-3-12(10-15)7-8-19-16(23(20,21)22)14-5-1-4-13(9-14)11-18/h1-6,9-10,16,19H,7-8H2,(H2,20,21,22)/t16-/m0/s1. The van der Waals surface area contributed by atoms with Crippen molar-refractivity contribution in [1.82, 2.24) is 5.32 Å². The Labute approximate surface area is 133 Å². The van der Waals surface area contributed by atoms with E-state index in [9.17, 15) is 18.7 Å². The van der Waals surface area contributed by atoms with Gasteiger partial charge in [0.2, 0.25) is 0 Å². The van der Waals surface area contributed by atoms with Crippen LogP contribution >= 0.6 is 7.60 Å². The Bertz CT molecular complexity index is 770. The number of rotatable bonds is 6. The quantitative estimate of drug-likeness (QED) is 0.706. The molecular formula is C16H16FN2O3P. The van der Waals surface area contributed by atoms with Gasteiger partial charge in [0.25, 0.3) is 0 Å². The van der Waals surface area contributed by atoms with E-state index in [0.29, 0.717) is 17.5 Å². The molecule has 1 atom stereocenters. The Hall–Kier alpha value is -2.03. The fraction of sp³-hybridized carbons (Fsp3) is 0.188. The van der Waals surface area contributed by atoms with Crippen LogP contribution in [0.1, 0.15) is 22.5 Å². The van der Waals surface area contributed by atoms with E-state index in [1.807, 2.05) is 6.07 Å². The van der Waals surface area contributed by atoms with Gasteiger partial charge in [-0.05, 0) is 41.8 Å². The van der Waals surface area contributed by atoms with E-state index < -0.39 is 13.4 Å². The molecule has 23 heavy (non-hydrogen) atoms. The summed E-state index contributed by atoms with van der Waals surface area (Å²) in [6.07, 6.45) is 0.423. The van der Waals surface area contributed by atoms with E-state index in [-0.39, 0.29) is 12.4 Å². The second-order valence-corrected chi connectivity index (χ2v) is 6.76. The van der Waals surface area contributed by atoms with Crippen LogP contribution < -0.4 is 5.32 Å². The largest absolute Gasteiger partial charge is 0.346 e. The van der Waals surface area contributed by atoms with Crippen LogP contribution in [-0.4, -0.2) is 16.3 Å². The molecule has 0 aliphatic rings. The third-order valence-corrected chi connectivity index (χ3v) is 4.46. The highest BCUT2D eigenvalue weighted by atomic mass is 31.2. The van der Waals surface area contributed by atoms with Gasteiger partial charge in [0.1, 0.15) is 11.6 Å². The molecule has 7 heteroatoms. The lowest BCUT2D eigenvalue weighted by Gasteiger charge is -2.20. The fourth-order valence-corrected chi connectivity index (χ4v) is 3.17. The van der Waals surface area contributed by atoms with Crippen molar-refractivity contribution in [3.63, 3.8) is 0 Å². The summed E-state index contributed by atoms with van der Waals surface area (Å²) in [5.41, 5.74) is 1.40. The van der Waals surface area contributed by atoms with Crippen molar-refractivity contribution >= 4 is 7.60 Å². The second-order valence-electron chi connectivity index (χ2n) is 5.06. The summed E-state index contributed by atoms with van der Waals surface area (Å²) in [6.45, 7) is 0.260. The Kier molecular flexibility index (Phi) is 5.64. The highest BCUT2D eigenvalue weighted by molar-refractivity contribution is 7.52. The molecule has 0 unspecified atom stereocenters. The average molecular weight is 334 g/mol. The molecule has 0 aliphatic carbocycles. The summed E-state index contributed by atoms with van der Waals surface area (Å²) in [5.74, 6) is -1.56. The van der Waals surface area contributed by atoms with Crippen LogP contribution in [0, 0.1) is 17.1 Å². The number of nitriles is 1. The van der Waals surface area contributed by atoms with Crippen LogP contribution in [0.15, 0.2) is 48.5 Å². The van der Waals surface area contributed by atoms with Crippen molar-refractivity contribution in [2.24, 2.45) is 0 Å². The third kappa shape index (κ3) is 4.98. The van der Waals surface area contributed by atoms with Crippen LogP contribution in [0.4, 0.5) is 4.39 Å². The van der Waals surface area contributed by atoms with Gasteiger partial charge in [-0.3, -0.25) is 9.88 Å². The van der Waals surface area contributed by atoms with Crippen LogP contribution in [-0.2, 0) is 11.0 Å². The number of hydrogen-bond acceptors (Lipinski definition) is 3. The SMILES string of the molecule is N#Cc1cccc([C@@H](NCCc2cccc(F)c2)P(=O)(O)O)c1. The lowest BCUT2D eigenvalue weighted by atomic mass is 10.1. The highest BCUT2D eigenvalue weighted by Gasteiger charge is 2.29. The van der Waals surface area contributed by atoms with Crippen molar-refractivity contribution in [3.8, 4) is 6.07 Å². The first kappa shape index (κ1) is 17.3. The van der Waals surface area contributed by atoms with Crippen LogP contribution in [0.25, 0.3) is 0 Å². The summed E-state index contributed by atoms with van der Waals surface area (Å²) in [7, 11) is -4.45. The van der Waals surface area contributed by atoms with Gasteiger partial charge < -0.3 is 9.79 Å². The van der Waals surface area contributed by atoms with E-state index in [0.717, 1.165) is 5.56 Å². The van der Waals surface area contributed by atoms with Gasteiger partial charge in [-0.2, -0.15) is 5.26 Å². The number of hydrogen-bond donors (Lipinski definition) is 3. The van der Waals surface area contributed by atoms with Crippen molar-refractivity contribution in [2.75, 3.05) is 6.54 Å². The maximum Gasteiger partial charge on any atom is 0.346 e. The van der Waals surface area contributed by atoms with E-state index in [1.165, 1.54) is 18.2 Å². The minimum absolute atomic E-state index is 0.260. The molecule has 120 valence electrons. The summed E-state index contributed by atoms with van der Waals surface area (Å²) < 4.78 is 24.8. The minimum Gasteiger partial charge on any atom is -0.323 e. The van der Waals surface area contributed by atoms with Crippen molar-refractivity contribution in [1.29, 1.82) is 5.26 Å². The molecule has 2 rings (SSSR count). The molecule has 0 radical (unpaired) electrons. The van der Waals surface area contributed by atoms with Crippen LogP contribution in [0.5, 0.6) is 0 Å². The van der Waals surface area contributed by atoms with Crippen LogP contribution in [0.3, 0.4) is 0 Å². The highest BCUT2D eigenvalue weighted by Crippen LogP contribution is 2.49. The molecule has 0 saturated heterocycles. The van der Waals surface area contributed by atoms with Gasteiger partial charge in [-0.1, -0.05) is 24.3 Å². The van der Waals surface area contributed by atoms with E-state index in [1.54, 1.807) is 30.3 Å². The molecular weight excluding hydrogens is 318 g/mol. The second kappa shape index (κ2) is 7.49. The topological polar surface area (TPSA) is 93.4 Å². The summed E-state index contributed by atoms with van der Waals surface area (Å²) >= 11 is 0. The van der Waals surface area contributed by atoms with Gasteiger partial charge in [-0.15, -0.1) is 0 Å². The zero-order chi connectivity index (χ0) is 16.9. The van der Waals surface area contributed by atoms with Crippen molar-refractivity contribution in [3.05, 3.63) is 71.0 Å². The zero-order valence-corrected chi connectivity index (χ0v) is 13.1. The lowest BCUT2D eigenvalue weighted by Crippen LogP contribution is -2.24. The third-order valence-electron chi connectivity index (χ3n) is 3.31. The van der Waals surface area contributed by atoms with Crippen molar-refractivity contribution in [2.45, 2.75) is 12.2 Å². The molecule has 0 aliphatic heterocycles. The molecule has 0 spiro atoms. The van der Waals surface area contributed by atoms with Gasteiger partial charge in [0.05, 0.1) is 11.6 Å². The molecule has 3 N–H and O–H groups in total. The van der Waals surface area contributed by atoms with Gasteiger partial charge in [0.15, 0.2) is 0 Å². The van der Waals surface area contributed by atoms with Gasteiger partial charge >= 0.3 is 7.60 Å². The number of halogens is 1. The molecule has 5 nitrogen and oxygen atoms in total. The first-order valence-electron chi connectivity index (χ1n) is 6.93. The maximum atomic E-state index is 13.1. The molecule has 0 bridgehead atoms. The first-order valence-corrected chi connectivity index (χ1v) is 8.61. The Morgan fingerprint density at radius 3 is 2.61 bits per heavy atom. The van der Waals surface area contributed by atoms with Crippen LogP contribution in [0.2, 0.25) is 0 Å². The Balaban J connectivity index is 2.11.